The van der Waals surface area contributed by atoms with E-state index in [1.54, 1.807) is 0 Å². The van der Waals surface area contributed by atoms with Crippen LogP contribution >= 0.6 is 0 Å². The summed E-state index contributed by atoms with van der Waals surface area (Å²) in [5.41, 5.74) is 4.29. The quantitative estimate of drug-likeness (QED) is 0.740. The van der Waals surface area contributed by atoms with Gasteiger partial charge in [-0.1, -0.05) is 12.1 Å². The number of nitrogens with one attached hydrogen (secondary N) is 1. The van der Waals surface area contributed by atoms with Crippen LogP contribution in [0.1, 0.15) is 44.1 Å². The highest BCUT2D eigenvalue weighted by molar-refractivity contribution is 5.81. The van der Waals surface area contributed by atoms with Gasteiger partial charge < -0.3 is 10.2 Å². The first kappa shape index (κ1) is 23.0. The fraction of sp³-hybridized carbons (Fsp3) is 0.542. The maximum Gasteiger partial charge on any atom is 0.237 e. The van der Waals surface area contributed by atoms with Crippen LogP contribution in [0, 0.1) is 13.8 Å². The minimum absolute atomic E-state index is 0.0543. The Morgan fingerprint density at radius 3 is 2.23 bits per heavy atom. The number of aromatic nitrogens is 2. The minimum atomic E-state index is -0.166. The van der Waals surface area contributed by atoms with Gasteiger partial charge in [0.2, 0.25) is 11.8 Å². The summed E-state index contributed by atoms with van der Waals surface area (Å²) in [6, 6.07) is 10.3. The molecule has 1 aromatic carbocycles. The number of benzene rings is 1. The molecule has 1 unspecified atom stereocenters. The van der Waals surface area contributed by atoms with Gasteiger partial charge in [0.1, 0.15) is 0 Å². The summed E-state index contributed by atoms with van der Waals surface area (Å²) >= 11 is 0. The van der Waals surface area contributed by atoms with Crippen LogP contribution in [0.5, 0.6) is 0 Å². The molecule has 1 aliphatic heterocycles. The number of piperazine rings is 1. The largest absolute Gasteiger partial charge is 0.353 e. The van der Waals surface area contributed by atoms with Crippen LogP contribution in [-0.4, -0.2) is 69.7 Å². The van der Waals surface area contributed by atoms with Gasteiger partial charge in [0.25, 0.3) is 0 Å². The summed E-state index contributed by atoms with van der Waals surface area (Å²) < 4.78 is 1.94. The molecule has 1 atom stereocenters. The molecule has 0 spiro atoms. The van der Waals surface area contributed by atoms with Gasteiger partial charge in [-0.15, -0.1) is 0 Å². The van der Waals surface area contributed by atoms with Crippen molar-refractivity contribution in [1.29, 1.82) is 0 Å². The van der Waals surface area contributed by atoms with E-state index in [1.807, 2.05) is 44.2 Å². The molecule has 7 nitrogen and oxygen atoms in total. The number of hydrogen-bond acceptors (Lipinski definition) is 4. The molecule has 1 aliphatic rings. The molecule has 1 N–H and O–H groups in total. The van der Waals surface area contributed by atoms with E-state index in [4.69, 9.17) is 0 Å². The van der Waals surface area contributed by atoms with Crippen molar-refractivity contribution in [3.63, 3.8) is 0 Å². The standard InChI is InChI=1S/C24H35N5O2/c1-17(2)25-24(31)20(5)27-12-14-28(15-13-27)23(30)11-8-21-6-9-22(10-7-21)29-19(4)16-18(3)26-29/h6-7,9-10,16-17,20H,8,11-15H2,1-5H3,(H,25,31). The third-order valence-corrected chi connectivity index (χ3v) is 5.84. The van der Waals surface area contributed by atoms with Crippen molar-refractivity contribution in [3.05, 3.63) is 47.3 Å². The van der Waals surface area contributed by atoms with Crippen molar-refractivity contribution in [3.8, 4) is 5.69 Å². The van der Waals surface area contributed by atoms with Gasteiger partial charge in [0, 0.05) is 44.3 Å². The molecule has 7 heteroatoms. The van der Waals surface area contributed by atoms with E-state index in [1.165, 1.54) is 0 Å². The van der Waals surface area contributed by atoms with Crippen molar-refractivity contribution in [2.24, 2.45) is 0 Å². The summed E-state index contributed by atoms with van der Waals surface area (Å²) in [6.07, 6.45) is 1.23. The van der Waals surface area contributed by atoms with E-state index in [0.717, 1.165) is 42.1 Å². The average Bonchev–Trinajstić information content (AvgIpc) is 3.09. The van der Waals surface area contributed by atoms with Gasteiger partial charge in [-0.05, 0) is 64.8 Å². The van der Waals surface area contributed by atoms with Gasteiger partial charge in [0.15, 0.2) is 0 Å². The maximum atomic E-state index is 12.7. The number of aryl methyl sites for hydroxylation is 3. The van der Waals surface area contributed by atoms with E-state index >= 15 is 0 Å². The molecule has 1 fully saturated rings. The van der Waals surface area contributed by atoms with E-state index in [-0.39, 0.29) is 23.9 Å². The first-order valence-electron chi connectivity index (χ1n) is 11.2. The molecule has 0 radical (unpaired) electrons. The zero-order valence-corrected chi connectivity index (χ0v) is 19.4. The summed E-state index contributed by atoms with van der Waals surface area (Å²) in [7, 11) is 0. The Balaban J connectivity index is 1.46. The summed E-state index contributed by atoms with van der Waals surface area (Å²) in [6.45, 7) is 12.7. The molecule has 0 aliphatic carbocycles. The predicted octanol–water partition coefficient (Wildman–Crippen LogP) is 2.48. The number of nitrogens with zero attached hydrogens (tertiary/aromatic N) is 4. The lowest BCUT2D eigenvalue weighted by atomic mass is 10.1. The van der Waals surface area contributed by atoms with Crippen LogP contribution in [0.2, 0.25) is 0 Å². The topological polar surface area (TPSA) is 70.5 Å². The van der Waals surface area contributed by atoms with E-state index in [0.29, 0.717) is 19.5 Å². The highest BCUT2D eigenvalue weighted by atomic mass is 16.2. The summed E-state index contributed by atoms with van der Waals surface area (Å²) in [5, 5.41) is 7.48. The Bertz CT molecular complexity index is 895. The normalized spacial score (nSPS) is 15.9. The Labute approximate surface area is 185 Å². The van der Waals surface area contributed by atoms with Crippen molar-refractivity contribution < 1.29 is 9.59 Å². The van der Waals surface area contributed by atoms with Crippen LogP contribution < -0.4 is 5.32 Å². The lowest BCUT2D eigenvalue weighted by Gasteiger charge is -2.37. The van der Waals surface area contributed by atoms with Gasteiger partial charge >= 0.3 is 0 Å². The number of rotatable bonds is 7. The third kappa shape index (κ3) is 5.94. The molecule has 2 aromatic rings. The number of carbonyl (C=O) groups excluding carboxylic acids is 2. The van der Waals surface area contributed by atoms with E-state index in [9.17, 15) is 9.59 Å². The highest BCUT2D eigenvalue weighted by Gasteiger charge is 2.27. The van der Waals surface area contributed by atoms with E-state index < -0.39 is 0 Å². The molecular weight excluding hydrogens is 390 g/mol. The van der Waals surface area contributed by atoms with Gasteiger partial charge in [-0.3, -0.25) is 14.5 Å². The minimum Gasteiger partial charge on any atom is -0.353 e. The third-order valence-electron chi connectivity index (χ3n) is 5.84. The lowest BCUT2D eigenvalue weighted by Crippen LogP contribution is -2.55. The molecule has 168 valence electrons. The molecule has 31 heavy (non-hydrogen) atoms. The molecular formula is C24H35N5O2. The fourth-order valence-corrected chi connectivity index (χ4v) is 4.03. The summed E-state index contributed by atoms with van der Waals surface area (Å²) in [5.74, 6) is 0.236. The molecule has 0 saturated carbocycles. The van der Waals surface area contributed by atoms with Gasteiger partial charge in [0.05, 0.1) is 17.4 Å². The highest BCUT2D eigenvalue weighted by Crippen LogP contribution is 2.15. The predicted molar refractivity (Wildman–Crippen MR) is 122 cm³/mol. The zero-order chi connectivity index (χ0) is 22.5. The molecule has 3 rings (SSSR count). The lowest BCUT2D eigenvalue weighted by molar-refractivity contribution is -0.134. The summed E-state index contributed by atoms with van der Waals surface area (Å²) in [4.78, 5) is 29.0. The van der Waals surface area contributed by atoms with Crippen LogP contribution in [0.15, 0.2) is 30.3 Å². The van der Waals surface area contributed by atoms with Crippen LogP contribution in [0.4, 0.5) is 0 Å². The first-order chi connectivity index (χ1) is 14.7. The van der Waals surface area contributed by atoms with Crippen molar-refractivity contribution >= 4 is 11.8 Å². The Morgan fingerprint density at radius 1 is 1.03 bits per heavy atom. The Morgan fingerprint density at radius 2 is 1.68 bits per heavy atom. The molecule has 2 amide bonds. The van der Waals surface area contributed by atoms with Gasteiger partial charge in [-0.2, -0.15) is 5.10 Å². The number of amides is 2. The molecule has 1 aromatic heterocycles. The van der Waals surface area contributed by atoms with Crippen molar-refractivity contribution in [1.82, 2.24) is 24.9 Å². The Kier molecular flexibility index (Phi) is 7.49. The Hall–Kier alpha value is -2.67. The first-order valence-corrected chi connectivity index (χ1v) is 11.2. The van der Waals surface area contributed by atoms with Crippen molar-refractivity contribution in [2.75, 3.05) is 26.2 Å². The van der Waals surface area contributed by atoms with Crippen LogP contribution in [0.25, 0.3) is 5.69 Å². The molecule has 2 heterocycles. The second kappa shape index (κ2) is 10.1. The number of hydrogen-bond donors (Lipinski definition) is 1. The van der Waals surface area contributed by atoms with Crippen LogP contribution in [-0.2, 0) is 16.0 Å². The second-order valence-corrected chi connectivity index (χ2v) is 8.76. The molecule has 0 bridgehead atoms. The zero-order valence-electron chi connectivity index (χ0n) is 19.4. The smallest absolute Gasteiger partial charge is 0.237 e. The second-order valence-electron chi connectivity index (χ2n) is 8.76. The monoisotopic (exact) mass is 425 g/mol. The molecule has 1 saturated heterocycles. The SMILES string of the molecule is Cc1cc(C)n(-c2ccc(CCC(=O)N3CCN(C(C)C(=O)NC(C)C)CC3)cc2)n1. The van der Waals surface area contributed by atoms with Gasteiger partial charge in [-0.25, -0.2) is 4.68 Å². The average molecular weight is 426 g/mol. The van der Waals surface area contributed by atoms with Crippen LogP contribution in [0.3, 0.4) is 0 Å². The fourth-order valence-electron chi connectivity index (χ4n) is 4.03. The van der Waals surface area contributed by atoms with Crippen molar-refractivity contribution in [2.45, 2.75) is 59.5 Å². The number of carbonyl (C=O) groups is 2. The maximum absolute atomic E-state index is 12.7. The van der Waals surface area contributed by atoms with E-state index in [2.05, 4.69) is 45.6 Å².